The number of nitrogens with zero attached hydrogens (tertiary/aromatic N) is 1. The van der Waals surface area contributed by atoms with Gasteiger partial charge in [-0.2, -0.15) is 5.26 Å². The molecule has 1 rings (SSSR count). The van der Waals surface area contributed by atoms with Crippen LogP contribution in [-0.4, -0.2) is 0 Å². The number of nitriles is 1. The summed E-state index contributed by atoms with van der Waals surface area (Å²) < 4.78 is 11.4. The molecule has 0 aliphatic carbocycles. The molecule has 0 aliphatic rings. The molecule has 0 bridgehead atoms. The van der Waals surface area contributed by atoms with Crippen molar-refractivity contribution in [2.24, 2.45) is 0 Å². The number of halogens is 2. The largest absolute Gasteiger partial charge is 0.295 e. The Morgan fingerprint density at radius 2 is 1.83 bits per heavy atom. The molecule has 5 heteroatoms. The average molecular weight is 232 g/mol. The van der Waals surface area contributed by atoms with Gasteiger partial charge in [0.05, 0.1) is 17.3 Å². The van der Waals surface area contributed by atoms with E-state index in [2.05, 4.69) is 5.43 Å². The number of nitrogens with one attached hydrogen (secondary N) is 2. The van der Waals surface area contributed by atoms with E-state index in [-0.39, 0.29) is 17.0 Å². The number of anilines is 1. The maximum absolute atomic E-state index is 11.4. The van der Waals surface area contributed by atoms with Gasteiger partial charge in [0, 0.05) is 0 Å². The van der Waals surface area contributed by atoms with E-state index < -0.39 is 0 Å². The Morgan fingerprint density at radius 3 is 2.25 bits per heavy atom. The van der Waals surface area contributed by atoms with E-state index in [1.54, 1.807) is 24.3 Å². The summed E-state index contributed by atoms with van der Waals surface area (Å²) in [6, 6.07) is 8.35. The van der Waals surface area contributed by atoms with Crippen molar-refractivity contribution in [3.63, 3.8) is 0 Å². The van der Waals surface area contributed by atoms with Gasteiger partial charge >= 0.3 is 0 Å². The average Bonchev–Trinajstić information content (AvgIpc) is 2.07. The van der Waals surface area contributed by atoms with Crippen molar-refractivity contribution in [1.82, 2.24) is 5.65 Å². The standard InChI is InChI=1S/C7H6FN3.BrH/c8-11-10-7-3-1-6(5-9)2-4-7;/h1-4,10-11H;1H. The second kappa shape index (κ2) is 5.52. The van der Waals surface area contributed by atoms with Crippen LogP contribution in [0.3, 0.4) is 0 Å². The Hall–Kier alpha value is -1.12. The molecule has 0 saturated carbocycles. The summed E-state index contributed by atoms with van der Waals surface area (Å²) in [6.07, 6.45) is 0. The summed E-state index contributed by atoms with van der Waals surface area (Å²) in [4.78, 5) is 0. The highest BCUT2D eigenvalue weighted by atomic mass is 79.9. The monoisotopic (exact) mass is 231 g/mol. The lowest BCUT2D eigenvalue weighted by Crippen LogP contribution is -2.09. The first-order chi connectivity index (χ1) is 5.36. The first-order valence-corrected chi connectivity index (χ1v) is 2.98. The van der Waals surface area contributed by atoms with E-state index in [0.29, 0.717) is 11.3 Å². The Kier molecular flexibility index (Phi) is 5.00. The molecule has 0 radical (unpaired) electrons. The van der Waals surface area contributed by atoms with Crippen LogP contribution in [0, 0.1) is 11.3 Å². The van der Waals surface area contributed by atoms with Crippen LogP contribution < -0.4 is 11.1 Å². The lowest BCUT2D eigenvalue weighted by atomic mass is 10.2. The van der Waals surface area contributed by atoms with E-state index in [1.807, 2.05) is 6.07 Å². The zero-order valence-corrected chi connectivity index (χ0v) is 7.76. The highest BCUT2D eigenvalue weighted by Gasteiger charge is 1.90. The Balaban J connectivity index is 0.00000121. The summed E-state index contributed by atoms with van der Waals surface area (Å²) in [7, 11) is 0. The van der Waals surface area contributed by atoms with Gasteiger partial charge in [-0.15, -0.1) is 21.5 Å². The van der Waals surface area contributed by atoms with E-state index in [4.69, 9.17) is 5.26 Å². The molecule has 0 aromatic heterocycles. The molecule has 0 heterocycles. The van der Waals surface area contributed by atoms with Crippen LogP contribution in [0.4, 0.5) is 10.2 Å². The van der Waals surface area contributed by atoms with Gasteiger partial charge in [-0.25, -0.2) is 0 Å². The lowest BCUT2D eigenvalue weighted by Gasteiger charge is -1.99. The SMILES string of the molecule is Br.N#Cc1ccc(NNF)cc1. The van der Waals surface area contributed by atoms with Crippen molar-refractivity contribution >= 4 is 22.7 Å². The molecule has 1 aromatic carbocycles. The second-order valence-corrected chi connectivity index (χ2v) is 1.91. The normalized spacial score (nSPS) is 8.00. The van der Waals surface area contributed by atoms with Crippen LogP contribution in [0.1, 0.15) is 5.56 Å². The van der Waals surface area contributed by atoms with Crippen molar-refractivity contribution < 1.29 is 4.48 Å². The fourth-order valence-corrected chi connectivity index (χ4v) is 0.683. The van der Waals surface area contributed by atoms with Gasteiger partial charge in [0.2, 0.25) is 0 Å². The van der Waals surface area contributed by atoms with Gasteiger partial charge in [0.15, 0.2) is 0 Å². The molecule has 0 spiro atoms. The molecule has 0 unspecified atom stereocenters. The quantitative estimate of drug-likeness (QED) is 0.605. The van der Waals surface area contributed by atoms with Gasteiger partial charge in [-0.1, -0.05) is 5.65 Å². The van der Waals surface area contributed by atoms with Gasteiger partial charge in [0.25, 0.3) is 0 Å². The minimum Gasteiger partial charge on any atom is -0.295 e. The Labute approximate surface area is 79.9 Å². The molecule has 0 atom stereocenters. The minimum atomic E-state index is 0. The predicted octanol–water partition coefficient (Wildman–Crippen LogP) is 1.94. The fourth-order valence-electron chi connectivity index (χ4n) is 0.683. The zero-order chi connectivity index (χ0) is 8.10. The molecule has 2 N–H and O–H groups in total. The Morgan fingerprint density at radius 1 is 1.25 bits per heavy atom. The summed E-state index contributed by atoms with van der Waals surface area (Å²) in [5.41, 5.74) is 4.65. The van der Waals surface area contributed by atoms with Crippen molar-refractivity contribution in [1.29, 1.82) is 5.26 Å². The predicted molar refractivity (Wildman–Crippen MR) is 49.3 cm³/mol. The number of rotatable bonds is 2. The van der Waals surface area contributed by atoms with E-state index in [0.717, 1.165) is 0 Å². The maximum Gasteiger partial charge on any atom is 0.0991 e. The van der Waals surface area contributed by atoms with Crippen LogP contribution in [-0.2, 0) is 0 Å². The van der Waals surface area contributed by atoms with E-state index >= 15 is 0 Å². The van der Waals surface area contributed by atoms with Gasteiger partial charge in [-0.3, -0.25) is 5.43 Å². The number of hydrogen-bond acceptors (Lipinski definition) is 3. The number of benzene rings is 1. The third-order valence-electron chi connectivity index (χ3n) is 1.21. The molecule has 0 fully saturated rings. The molecule has 0 aliphatic heterocycles. The molecule has 12 heavy (non-hydrogen) atoms. The van der Waals surface area contributed by atoms with E-state index in [9.17, 15) is 4.48 Å². The van der Waals surface area contributed by atoms with Crippen molar-refractivity contribution in [3.05, 3.63) is 29.8 Å². The molecule has 0 saturated heterocycles. The van der Waals surface area contributed by atoms with Crippen LogP contribution >= 0.6 is 17.0 Å². The summed E-state index contributed by atoms with van der Waals surface area (Å²) >= 11 is 0. The summed E-state index contributed by atoms with van der Waals surface area (Å²) in [5, 5.41) is 8.40. The van der Waals surface area contributed by atoms with Crippen molar-refractivity contribution in [2.45, 2.75) is 0 Å². The van der Waals surface area contributed by atoms with E-state index in [1.165, 1.54) is 5.65 Å². The van der Waals surface area contributed by atoms with Gasteiger partial charge in [-0.05, 0) is 24.3 Å². The summed E-state index contributed by atoms with van der Waals surface area (Å²) in [5.74, 6) is 0. The molecular formula is C7H7BrFN3. The van der Waals surface area contributed by atoms with Crippen LogP contribution in [0.5, 0.6) is 0 Å². The van der Waals surface area contributed by atoms with Crippen molar-refractivity contribution in [3.8, 4) is 6.07 Å². The molecule has 1 aromatic rings. The molecule has 3 nitrogen and oxygen atoms in total. The van der Waals surface area contributed by atoms with Crippen LogP contribution in [0.15, 0.2) is 24.3 Å². The smallest absolute Gasteiger partial charge is 0.0991 e. The third-order valence-corrected chi connectivity index (χ3v) is 1.21. The third kappa shape index (κ3) is 2.86. The lowest BCUT2D eigenvalue weighted by molar-refractivity contribution is 0.376. The zero-order valence-electron chi connectivity index (χ0n) is 6.04. The minimum absolute atomic E-state index is 0. The maximum atomic E-state index is 11.4. The summed E-state index contributed by atoms with van der Waals surface area (Å²) in [6.45, 7) is 0. The molecular weight excluding hydrogens is 225 g/mol. The first-order valence-electron chi connectivity index (χ1n) is 2.98. The topological polar surface area (TPSA) is 47.9 Å². The molecule has 0 amide bonds. The second-order valence-electron chi connectivity index (χ2n) is 1.91. The highest BCUT2D eigenvalue weighted by Crippen LogP contribution is 2.06. The molecule has 64 valence electrons. The fraction of sp³-hybridized carbons (Fsp3) is 0. The first kappa shape index (κ1) is 10.9. The highest BCUT2D eigenvalue weighted by molar-refractivity contribution is 8.93. The van der Waals surface area contributed by atoms with Crippen molar-refractivity contribution in [2.75, 3.05) is 5.43 Å². The van der Waals surface area contributed by atoms with Crippen LogP contribution in [0.2, 0.25) is 0 Å². The number of hydrazine groups is 1. The van der Waals surface area contributed by atoms with Crippen LogP contribution in [0.25, 0.3) is 0 Å². The van der Waals surface area contributed by atoms with Gasteiger partial charge < -0.3 is 0 Å². The Bertz CT molecular complexity index is 267. The number of hydrogen-bond donors (Lipinski definition) is 2. The van der Waals surface area contributed by atoms with Gasteiger partial charge in [0.1, 0.15) is 0 Å².